The van der Waals surface area contributed by atoms with Crippen LogP contribution in [0.15, 0.2) is 18.2 Å². The fourth-order valence-electron chi connectivity index (χ4n) is 3.10. The largest absolute Gasteiger partial charge is 0.316 e. The van der Waals surface area contributed by atoms with E-state index in [1.165, 1.54) is 31.7 Å². The van der Waals surface area contributed by atoms with E-state index in [9.17, 15) is 4.39 Å². The molecule has 1 aromatic carbocycles. The van der Waals surface area contributed by atoms with E-state index in [1.54, 1.807) is 12.1 Å². The van der Waals surface area contributed by atoms with Crippen LogP contribution in [0.1, 0.15) is 38.2 Å². The molecule has 0 radical (unpaired) electrons. The number of hydrogen-bond donors (Lipinski definition) is 1. The van der Waals surface area contributed by atoms with Gasteiger partial charge in [0.1, 0.15) is 5.82 Å². The lowest BCUT2D eigenvalue weighted by Crippen LogP contribution is -2.26. The normalized spacial score (nSPS) is 22.9. The summed E-state index contributed by atoms with van der Waals surface area (Å²) in [6, 6.07) is 4.70. The maximum Gasteiger partial charge on any atom is 0.123 e. The molecule has 106 valence electrons. The maximum absolute atomic E-state index is 13.3. The molecule has 0 amide bonds. The molecule has 1 nitrogen and oxygen atoms in total. The summed E-state index contributed by atoms with van der Waals surface area (Å²) in [5, 5.41) is 4.21. The minimum Gasteiger partial charge on any atom is -0.316 e. The Hall–Kier alpha value is -0.600. The molecule has 0 heterocycles. The van der Waals surface area contributed by atoms with Crippen LogP contribution in [-0.4, -0.2) is 13.1 Å². The summed E-state index contributed by atoms with van der Waals surface area (Å²) in [6.45, 7) is 4.36. The highest BCUT2D eigenvalue weighted by molar-refractivity contribution is 6.31. The van der Waals surface area contributed by atoms with Crippen molar-refractivity contribution >= 4 is 11.6 Å². The Morgan fingerprint density at radius 1 is 1.32 bits per heavy atom. The Kier molecular flexibility index (Phi) is 5.65. The van der Waals surface area contributed by atoms with Gasteiger partial charge in [0.15, 0.2) is 0 Å². The minimum absolute atomic E-state index is 0.182. The number of benzene rings is 1. The van der Waals surface area contributed by atoms with E-state index in [1.807, 2.05) is 0 Å². The van der Waals surface area contributed by atoms with Crippen LogP contribution in [0.25, 0.3) is 0 Å². The fraction of sp³-hybridized carbons (Fsp3) is 0.625. The van der Waals surface area contributed by atoms with Crippen LogP contribution in [0.4, 0.5) is 4.39 Å². The molecule has 0 aliphatic heterocycles. The zero-order valence-electron chi connectivity index (χ0n) is 11.6. The summed E-state index contributed by atoms with van der Waals surface area (Å²) in [5.41, 5.74) is 0.967. The topological polar surface area (TPSA) is 12.0 Å². The van der Waals surface area contributed by atoms with Crippen molar-refractivity contribution in [3.05, 3.63) is 34.6 Å². The van der Waals surface area contributed by atoms with Crippen molar-refractivity contribution in [3.8, 4) is 0 Å². The first-order chi connectivity index (χ1) is 9.20. The van der Waals surface area contributed by atoms with Gasteiger partial charge in [0.25, 0.3) is 0 Å². The Morgan fingerprint density at radius 3 is 2.89 bits per heavy atom. The SMILES string of the molecule is CCCNCC1CCCC1Cc1cc(F)ccc1Cl. The van der Waals surface area contributed by atoms with Crippen molar-refractivity contribution in [2.45, 2.75) is 39.0 Å². The lowest BCUT2D eigenvalue weighted by Gasteiger charge is -2.20. The van der Waals surface area contributed by atoms with Crippen molar-refractivity contribution in [2.75, 3.05) is 13.1 Å². The number of hydrogen-bond acceptors (Lipinski definition) is 1. The summed E-state index contributed by atoms with van der Waals surface area (Å²) >= 11 is 6.17. The molecule has 0 saturated heterocycles. The first kappa shape index (κ1) is 14.8. The standard InChI is InChI=1S/C16H23ClFN/c1-2-8-19-11-13-5-3-4-12(13)9-14-10-15(18)6-7-16(14)17/h6-7,10,12-13,19H,2-5,8-9,11H2,1H3. The van der Waals surface area contributed by atoms with Gasteiger partial charge in [-0.05, 0) is 74.4 Å². The molecule has 2 atom stereocenters. The second-order valence-corrected chi connectivity index (χ2v) is 6.00. The van der Waals surface area contributed by atoms with Crippen LogP contribution in [0.3, 0.4) is 0 Å². The Balaban J connectivity index is 1.95. The lowest BCUT2D eigenvalue weighted by molar-refractivity contribution is 0.365. The van der Waals surface area contributed by atoms with E-state index in [0.717, 1.165) is 25.1 Å². The fourth-order valence-corrected chi connectivity index (χ4v) is 3.29. The van der Waals surface area contributed by atoms with Crippen molar-refractivity contribution in [1.82, 2.24) is 5.32 Å². The Labute approximate surface area is 120 Å². The predicted molar refractivity (Wildman–Crippen MR) is 79.1 cm³/mol. The highest BCUT2D eigenvalue weighted by Gasteiger charge is 2.27. The zero-order chi connectivity index (χ0) is 13.7. The molecule has 3 heteroatoms. The quantitative estimate of drug-likeness (QED) is 0.761. The second-order valence-electron chi connectivity index (χ2n) is 5.60. The van der Waals surface area contributed by atoms with Gasteiger partial charge < -0.3 is 5.32 Å². The molecule has 1 saturated carbocycles. The third kappa shape index (κ3) is 4.19. The molecule has 0 aromatic heterocycles. The van der Waals surface area contributed by atoms with Gasteiger partial charge in [-0.25, -0.2) is 4.39 Å². The third-order valence-electron chi connectivity index (χ3n) is 4.14. The van der Waals surface area contributed by atoms with E-state index in [2.05, 4.69) is 12.2 Å². The minimum atomic E-state index is -0.182. The summed E-state index contributed by atoms with van der Waals surface area (Å²) in [5.74, 6) is 1.17. The van der Waals surface area contributed by atoms with Crippen molar-refractivity contribution in [2.24, 2.45) is 11.8 Å². The third-order valence-corrected chi connectivity index (χ3v) is 4.51. The molecule has 2 unspecified atom stereocenters. The van der Waals surface area contributed by atoms with Gasteiger partial charge in [-0.1, -0.05) is 24.9 Å². The van der Waals surface area contributed by atoms with Crippen LogP contribution >= 0.6 is 11.6 Å². The number of halogens is 2. The molecule has 2 rings (SSSR count). The van der Waals surface area contributed by atoms with Gasteiger partial charge in [0.2, 0.25) is 0 Å². The predicted octanol–water partition coefficient (Wildman–Crippen LogP) is 4.44. The van der Waals surface area contributed by atoms with E-state index in [0.29, 0.717) is 16.9 Å². The van der Waals surface area contributed by atoms with Gasteiger partial charge in [0, 0.05) is 5.02 Å². The highest BCUT2D eigenvalue weighted by atomic mass is 35.5. The van der Waals surface area contributed by atoms with E-state index < -0.39 is 0 Å². The van der Waals surface area contributed by atoms with Crippen LogP contribution < -0.4 is 5.32 Å². The zero-order valence-corrected chi connectivity index (χ0v) is 12.3. The van der Waals surface area contributed by atoms with Gasteiger partial charge in [-0.15, -0.1) is 0 Å². The molecule has 1 fully saturated rings. The first-order valence-corrected chi connectivity index (χ1v) is 7.73. The molecule has 0 bridgehead atoms. The molecule has 0 spiro atoms. The van der Waals surface area contributed by atoms with Crippen molar-refractivity contribution in [3.63, 3.8) is 0 Å². The van der Waals surface area contributed by atoms with Gasteiger partial charge in [0.05, 0.1) is 0 Å². The van der Waals surface area contributed by atoms with Crippen molar-refractivity contribution in [1.29, 1.82) is 0 Å². The second kappa shape index (κ2) is 7.25. The smallest absolute Gasteiger partial charge is 0.123 e. The van der Waals surface area contributed by atoms with Gasteiger partial charge >= 0.3 is 0 Å². The van der Waals surface area contributed by atoms with E-state index in [4.69, 9.17) is 11.6 Å². The van der Waals surface area contributed by atoms with E-state index >= 15 is 0 Å². The van der Waals surface area contributed by atoms with Crippen LogP contribution in [0.2, 0.25) is 5.02 Å². The highest BCUT2D eigenvalue weighted by Crippen LogP contribution is 2.35. The molecular formula is C16H23ClFN. The monoisotopic (exact) mass is 283 g/mol. The summed E-state index contributed by atoms with van der Waals surface area (Å²) in [4.78, 5) is 0. The molecule has 1 N–H and O–H groups in total. The number of nitrogens with one attached hydrogen (secondary N) is 1. The van der Waals surface area contributed by atoms with Gasteiger partial charge in [-0.2, -0.15) is 0 Å². The summed E-state index contributed by atoms with van der Waals surface area (Å²) in [7, 11) is 0. The van der Waals surface area contributed by atoms with Gasteiger partial charge in [-0.3, -0.25) is 0 Å². The average molecular weight is 284 g/mol. The summed E-state index contributed by atoms with van der Waals surface area (Å²) in [6.07, 6.45) is 5.90. The van der Waals surface area contributed by atoms with Crippen molar-refractivity contribution < 1.29 is 4.39 Å². The summed E-state index contributed by atoms with van der Waals surface area (Å²) < 4.78 is 13.3. The lowest BCUT2D eigenvalue weighted by atomic mass is 9.89. The number of rotatable bonds is 6. The Bertz CT molecular complexity index is 408. The Morgan fingerprint density at radius 2 is 2.11 bits per heavy atom. The van der Waals surface area contributed by atoms with E-state index in [-0.39, 0.29) is 5.82 Å². The maximum atomic E-state index is 13.3. The average Bonchev–Trinajstić information content (AvgIpc) is 2.82. The van der Waals surface area contributed by atoms with Crippen LogP contribution in [0, 0.1) is 17.7 Å². The molecule has 1 aliphatic carbocycles. The molecule has 1 aliphatic rings. The first-order valence-electron chi connectivity index (χ1n) is 7.35. The van der Waals surface area contributed by atoms with Crippen LogP contribution in [-0.2, 0) is 6.42 Å². The molecule has 1 aromatic rings. The van der Waals surface area contributed by atoms with Crippen LogP contribution in [0.5, 0.6) is 0 Å². The molecule has 19 heavy (non-hydrogen) atoms. The molecular weight excluding hydrogens is 261 g/mol.